The van der Waals surface area contributed by atoms with Gasteiger partial charge in [-0.15, -0.1) is 0 Å². The molecule has 7 nitrogen and oxygen atoms in total. The molecule has 35 heavy (non-hydrogen) atoms. The fourth-order valence-electron chi connectivity index (χ4n) is 3.79. The van der Waals surface area contributed by atoms with Gasteiger partial charge in [0.15, 0.2) is 11.6 Å². The number of nitrogens with zero attached hydrogens (tertiary/aromatic N) is 5. The van der Waals surface area contributed by atoms with Gasteiger partial charge in [-0.1, -0.05) is 24.3 Å². The maximum Gasteiger partial charge on any atom is 0.416 e. The number of hydrogen-bond acceptors (Lipinski definition) is 5. The Morgan fingerprint density at radius 2 is 1.83 bits per heavy atom. The maximum atomic E-state index is 14.3. The summed E-state index contributed by atoms with van der Waals surface area (Å²) in [5.41, 5.74) is 1.93. The van der Waals surface area contributed by atoms with Gasteiger partial charge in [-0.3, -0.25) is 9.48 Å². The molecule has 4 aromatic rings. The molecular weight excluding hydrogens is 466 g/mol. The molecule has 0 bridgehead atoms. The summed E-state index contributed by atoms with van der Waals surface area (Å²) < 4.78 is 59.8. The van der Waals surface area contributed by atoms with Crippen LogP contribution in [0.15, 0.2) is 61.1 Å². The summed E-state index contributed by atoms with van der Waals surface area (Å²) in [7, 11) is 1.83. The van der Waals surface area contributed by atoms with Crippen LogP contribution < -0.4 is 4.74 Å². The van der Waals surface area contributed by atoms with Crippen LogP contribution in [0.4, 0.5) is 17.6 Å². The predicted octanol–water partition coefficient (Wildman–Crippen LogP) is 4.98. The number of halogens is 4. The lowest BCUT2D eigenvalue weighted by atomic mass is 10.1. The zero-order chi connectivity index (χ0) is 24.7. The zero-order valence-electron chi connectivity index (χ0n) is 18.3. The van der Waals surface area contributed by atoms with E-state index in [1.165, 1.54) is 4.90 Å². The van der Waals surface area contributed by atoms with Crippen LogP contribution in [0.1, 0.15) is 27.2 Å². The summed E-state index contributed by atoms with van der Waals surface area (Å²) in [4.78, 5) is 22.7. The van der Waals surface area contributed by atoms with E-state index in [-0.39, 0.29) is 24.5 Å². The molecule has 0 fully saturated rings. The minimum absolute atomic E-state index is 0.0527. The van der Waals surface area contributed by atoms with Crippen molar-refractivity contribution in [2.45, 2.75) is 19.3 Å². The Balaban J connectivity index is 1.34. The second kappa shape index (κ2) is 8.49. The number of ether oxygens (including phenoxy) is 1. The normalized spacial score (nSPS) is 13.3. The number of benzene rings is 2. The number of carbonyl (C=O) groups excluding carboxylic acids is 1. The van der Waals surface area contributed by atoms with Gasteiger partial charge in [-0.2, -0.15) is 18.3 Å². The number of hydrogen-bond donors (Lipinski definition) is 0. The molecule has 0 spiro atoms. The molecule has 11 heteroatoms. The summed E-state index contributed by atoms with van der Waals surface area (Å²) >= 11 is 0. The van der Waals surface area contributed by atoms with Crippen molar-refractivity contribution in [1.29, 1.82) is 0 Å². The molecule has 0 atom stereocenters. The second-order valence-corrected chi connectivity index (χ2v) is 7.98. The summed E-state index contributed by atoms with van der Waals surface area (Å²) in [5.74, 6) is -2.33. The monoisotopic (exact) mass is 483 g/mol. The minimum atomic E-state index is -4.69. The van der Waals surface area contributed by atoms with Gasteiger partial charge < -0.3 is 9.64 Å². The van der Waals surface area contributed by atoms with E-state index in [2.05, 4.69) is 15.1 Å². The molecule has 5 rings (SSSR count). The SMILES string of the molecule is Cn1ccc(-c2ccc(CN3Cc4ncnc(Oc5ccc(C(F)(F)F)cc5F)c4C3=O)cc2)n1. The number of amides is 1. The van der Waals surface area contributed by atoms with E-state index in [1.54, 1.807) is 4.68 Å². The molecule has 2 aromatic heterocycles. The van der Waals surface area contributed by atoms with Gasteiger partial charge in [-0.25, -0.2) is 14.4 Å². The van der Waals surface area contributed by atoms with E-state index in [0.29, 0.717) is 17.8 Å². The van der Waals surface area contributed by atoms with Gasteiger partial charge in [0, 0.05) is 25.4 Å². The van der Waals surface area contributed by atoms with Crippen LogP contribution in [0.3, 0.4) is 0 Å². The Kier molecular flexibility index (Phi) is 5.46. The number of fused-ring (bicyclic) bond motifs is 1. The van der Waals surface area contributed by atoms with Crippen LogP contribution in [0.2, 0.25) is 0 Å². The quantitative estimate of drug-likeness (QED) is 0.374. The third-order valence-corrected chi connectivity index (χ3v) is 5.54. The molecular formula is C24H17F4N5O2. The first-order valence-electron chi connectivity index (χ1n) is 10.5. The molecule has 0 saturated heterocycles. The Bertz CT molecular complexity index is 1420. The van der Waals surface area contributed by atoms with Crippen molar-refractivity contribution in [2.75, 3.05) is 0 Å². The molecule has 0 aliphatic carbocycles. The largest absolute Gasteiger partial charge is 0.435 e. The highest BCUT2D eigenvalue weighted by molar-refractivity contribution is 5.99. The Labute approximate surface area is 196 Å². The lowest BCUT2D eigenvalue weighted by Crippen LogP contribution is -2.23. The van der Waals surface area contributed by atoms with E-state index in [1.807, 2.05) is 43.6 Å². The molecule has 1 amide bonds. The van der Waals surface area contributed by atoms with Crippen LogP contribution in [0.5, 0.6) is 11.6 Å². The molecule has 1 aliphatic heterocycles. The number of carbonyl (C=O) groups is 1. The number of rotatable bonds is 5. The maximum absolute atomic E-state index is 14.3. The summed E-state index contributed by atoms with van der Waals surface area (Å²) in [6.07, 6.45) is -1.68. The average molecular weight is 483 g/mol. The summed E-state index contributed by atoms with van der Waals surface area (Å²) in [5, 5.41) is 4.36. The zero-order valence-corrected chi connectivity index (χ0v) is 18.3. The molecule has 0 radical (unpaired) electrons. The lowest BCUT2D eigenvalue weighted by molar-refractivity contribution is -0.137. The van der Waals surface area contributed by atoms with Gasteiger partial charge in [0.2, 0.25) is 5.88 Å². The van der Waals surface area contributed by atoms with Gasteiger partial charge in [0.05, 0.1) is 23.5 Å². The lowest BCUT2D eigenvalue weighted by Gasteiger charge is -2.15. The molecule has 178 valence electrons. The van der Waals surface area contributed by atoms with Crippen molar-refractivity contribution in [3.8, 4) is 22.9 Å². The number of aromatic nitrogens is 4. The highest BCUT2D eigenvalue weighted by Gasteiger charge is 2.34. The average Bonchev–Trinajstić information content (AvgIpc) is 3.39. The van der Waals surface area contributed by atoms with Crippen molar-refractivity contribution < 1.29 is 27.1 Å². The summed E-state index contributed by atoms with van der Waals surface area (Å²) in [6, 6.07) is 11.4. The van der Waals surface area contributed by atoms with E-state index >= 15 is 0 Å². The van der Waals surface area contributed by atoms with Gasteiger partial charge in [0.1, 0.15) is 11.9 Å². The van der Waals surface area contributed by atoms with E-state index in [9.17, 15) is 22.4 Å². The van der Waals surface area contributed by atoms with Gasteiger partial charge in [0.25, 0.3) is 5.91 Å². The van der Waals surface area contributed by atoms with Crippen LogP contribution in [0.25, 0.3) is 11.3 Å². The smallest absolute Gasteiger partial charge is 0.416 e. The first-order chi connectivity index (χ1) is 16.7. The Morgan fingerprint density at radius 3 is 2.49 bits per heavy atom. The van der Waals surface area contributed by atoms with Crippen molar-refractivity contribution >= 4 is 5.91 Å². The third-order valence-electron chi connectivity index (χ3n) is 5.54. The topological polar surface area (TPSA) is 73.1 Å². The molecule has 0 saturated carbocycles. The molecule has 0 unspecified atom stereocenters. The number of alkyl halides is 3. The predicted molar refractivity (Wildman–Crippen MR) is 116 cm³/mol. The van der Waals surface area contributed by atoms with E-state index in [4.69, 9.17) is 4.74 Å². The van der Waals surface area contributed by atoms with E-state index in [0.717, 1.165) is 29.2 Å². The molecule has 3 heterocycles. The standard InChI is InChI=1S/C24H17F4N5O2/c1-32-9-8-18(31-32)15-4-2-14(3-5-15)11-33-12-19-21(23(33)34)22(30-13-29-19)35-20-7-6-16(10-17(20)25)24(26,27)28/h2-10,13H,11-12H2,1H3. The van der Waals surface area contributed by atoms with Crippen molar-refractivity contribution in [1.82, 2.24) is 24.6 Å². The van der Waals surface area contributed by atoms with Crippen LogP contribution in [-0.4, -0.2) is 30.6 Å². The molecule has 1 aliphatic rings. The van der Waals surface area contributed by atoms with Crippen LogP contribution in [0, 0.1) is 5.82 Å². The van der Waals surface area contributed by atoms with Crippen molar-refractivity contribution in [3.05, 3.63) is 89.3 Å². The molecule has 0 N–H and O–H groups in total. The fraction of sp³-hybridized carbons (Fsp3) is 0.167. The summed E-state index contributed by atoms with van der Waals surface area (Å²) in [6.45, 7) is 0.469. The van der Waals surface area contributed by atoms with E-state index < -0.39 is 29.2 Å². The Morgan fingerprint density at radius 1 is 1.06 bits per heavy atom. The third kappa shape index (κ3) is 4.44. The van der Waals surface area contributed by atoms with Gasteiger partial charge >= 0.3 is 6.18 Å². The Hall–Kier alpha value is -4.28. The highest BCUT2D eigenvalue weighted by Crippen LogP contribution is 2.35. The van der Waals surface area contributed by atoms with Gasteiger partial charge in [-0.05, 0) is 29.8 Å². The van der Waals surface area contributed by atoms with Crippen LogP contribution >= 0.6 is 0 Å². The highest BCUT2D eigenvalue weighted by atomic mass is 19.4. The fourth-order valence-corrected chi connectivity index (χ4v) is 3.79. The van der Waals surface area contributed by atoms with Crippen LogP contribution in [-0.2, 0) is 26.3 Å². The number of aryl methyl sites for hydroxylation is 1. The minimum Gasteiger partial charge on any atom is -0.435 e. The van der Waals surface area contributed by atoms with Crippen molar-refractivity contribution in [2.24, 2.45) is 7.05 Å². The van der Waals surface area contributed by atoms with Crippen molar-refractivity contribution in [3.63, 3.8) is 0 Å². The second-order valence-electron chi connectivity index (χ2n) is 7.98. The first-order valence-corrected chi connectivity index (χ1v) is 10.5. The first kappa shape index (κ1) is 22.5. The molecule has 2 aromatic carbocycles.